The van der Waals surface area contributed by atoms with Gasteiger partial charge in [0.15, 0.2) is 0 Å². The minimum atomic E-state index is -1.37. The monoisotopic (exact) mass is 178 g/mol. The van der Waals surface area contributed by atoms with Crippen LogP contribution in [0, 0.1) is 5.92 Å². The smallest absolute Gasteiger partial charge is 0.109 e. The standard InChI is InChI=1S/C7H14O5/c8-2-3-1-4(9)6(11)7(12)5(3)10/h3-12H,1-2H2/t3-,4+,5-,6+,7+/m0/s1. The van der Waals surface area contributed by atoms with Gasteiger partial charge in [0, 0.05) is 12.5 Å². The highest BCUT2D eigenvalue weighted by Crippen LogP contribution is 2.25. The van der Waals surface area contributed by atoms with Crippen LogP contribution >= 0.6 is 0 Å². The topological polar surface area (TPSA) is 101 Å². The molecule has 1 fully saturated rings. The molecule has 0 aliphatic heterocycles. The second-order valence-electron chi connectivity index (χ2n) is 3.22. The number of aliphatic hydroxyl groups is 5. The molecule has 0 aromatic rings. The summed E-state index contributed by atoms with van der Waals surface area (Å²) in [4.78, 5) is 0. The molecule has 0 heterocycles. The zero-order valence-corrected chi connectivity index (χ0v) is 6.54. The van der Waals surface area contributed by atoms with E-state index in [0.29, 0.717) is 0 Å². The van der Waals surface area contributed by atoms with Gasteiger partial charge < -0.3 is 25.5 Å². The van der Waals surface area contributed by atoms with Crippen LogP contribution in [0.15, 0.2) is 0 Å². The van der Waals surface area contributed by atoms with E-state index in [4.69, 9.17) is 20.4 Å². The van der Waals surface area contributed by atoms with E-state index in [2.05, 4.69) is 0 Å². The Bertz CT molecular complexity index is 146. The van der Waals surface area contributed by atoms with Crippen molar-refractivity contribution in [1.82, 2.24) is 0 Å². The minimum absolute atomic E-state index is 0.107. The lowest BCUT2D eigenvalue weighted by atomic mass is 9.81. The molecular weight excluding hydrogens is 164 g/mol. The summed E-state index contributed by atoms with van der Waals surface area (Å²) in [5.74, 6) is -0.557. The highest BCUT2D eigenvalue weighted by atomic mass is 16.4. The van der Waals surface area contributed by atoms with E-state index in [1.165, 1.54) is 0 Å². The molecule has 0 amide bonds. The number of rotatable bonds is 1. The third-order valence-electron chi connectivity index (χ3n) is 2.36. The molecule has 1 rings (SSSR count). The molecule has 0 unspecified atom stereocenters. The van der Waals surface area contributed by atoms with Crippen molar-refractivity contribution in [2.45, 2.75) is 30.8 Å². The maximum atomic E-state index is 9.24. The first-order valence-corrected chi connectivity index (χ1v) is 3.91. The van der Waals surface area contributed by atoms with Gasteiger partial charge in [-0.05, 0) is 6.42 Å². The van der Waals surface area contributed by atoms with Crippen molar-refractivity contribution >= 4 is 0 Å². The van der Waals surface area contributed by atoms with Crippen LogP contribution in [0.3, 0.4) is 0 Å². The van der Waals surface area contributed by atoms with Gasteiger partial charge >= 0.3 is 0 Å². The van der Waals surface area contributed by atoms with Crippen LogP contribution in [-0.4, -0.2) is 56.6 Å². The van der Waals surface area contributed by atoms with Crippen molar-refractivity contribution in [3.63, 3.8) is 0 Å². The first-order valence-electron chi connectivity index (χ1n) is 3.91. The fourth-order valence-corrected chi connectivity index (χ4v) is 1.48. The number of hydrogen-bond acceptors (Lipinski definition) is 5. The molecule has 12 heavy (non-hydrogen) atoms. The molecule has 0 aromatic carbocycles. The molecule has 5 heteroatoms. The molecule has 1 saturated carbocycles. The zero-order chi connectivity index (χ0) is 9.30. The van der Waals surface area contributed by atoms with Crippen molar-refractivity contribution in [3.8, 4) is 0 Å². The number of hydrogen-bond donors (Lipinski definition) is 5. The fraction of sp³-hybridized carbons (Fsp3) is 1.00. The summed E-state index contributed by atoms with van der Waals surface area (Å²) in [6.45, 7) is -0.304. The second-order valence-corrected chi connectivity index (χ2v) is 3.22. The Kier molecular flexibility index (Phi) is 3.03. The van der Waals surface area contributed by atoms with Crippen molar-refractivity contribution < 1.29 is 25.5 Å². The Morgan fingerprint density at radius 1 is 0.917 bits per heavy atom. The van der Waals surface area contributed by atoms with Crippen LogP contribution in [0.25, 0.3) is 0 Å². The summed E-state index contributed by atoms with van der Waals surface area (Å²) in [5.41, 5.74) is 0. The summed E-state index contributed by atoms with van der Waals surface area (Å²) in [7, 11) is 0. The zero-order valence-electron chi connectivity index (χ0n) is 6.54. The van der Waals surface area contributed by atoms with Crippen molar-refractivity contribution in [2.24, 2.45) is 5.92 Å². The van der Waals surface area contributed by atoms with E-state index >= 15 is 0 Å². The minimum Gasteiger partial charge on any atom is -0.396 e. The summed E-state index contributed by atoms with van der Waals surface area (Å²) < 4.78 is 0. The Morgan fingerprint density at radius 3 is 2.00 bits per heavy atom. The van der Waals surface area contributed by atoms with E-state index < -0.39 is 30.3 Å². The first kappa shape index (κ1) is 9.88. The summed E-state index contributed by atoms with van der Waals surface area (Å²) in [6, 6.07) is 0. The van der Waals surface area contributed by atoms with Gasteiger partial charge in [0.05, 0.1) is 12.2 Å². The predicted octanol–water partition coefficient (Wildman–Crippen LogP) is -2.56. The van der Waals surface area contributed by atoms with Crippen molar-refractivity contribution in [3.05, 3.63) is 0 Å². The first-order chi connectivity index (χ1) is 5.57. The molecule has 0 saturated heterocycles. The van der Waals surface area contributed by atoms with Crippen LogP contribution in [-0.2, 0) is 0 Å². The van der Waals surface area contributed by atoms with Gasteiger partial charge in [-0.15, -0.1) is 0 Å². The third kappa shape index (κ3) is 1.60. The average Bonchev–Trinajstić information content (AvgIpc) is 2.08. The van der Waals surface area contributed by atoms with Crippen LogP contribution in [0.1, 0.15) is 6.42 Å². The molecule has 0 spiro atoms. The summed E-state index contributed by atoms with van der Waals surface area (Å²) >= 11 is 0. The maximum Gasteiger partial charge on any atom is 0.109 e. The van der Waals surface area contributed by atoms with Crippen molar-refractivity contribution in [2.75, 3.05) is 6.61 Å². The third-order valence-corrected chi connectivity index (χ3v) is 2.36. The lowest BCUT2D eigenvalue weighted by Gasteiger charge is -2.37. The van der Waals surface area contributed by atoms with E-state index in [0.717, 1.165) is 0 Å². The Morgan fingerprint density at radius 2 is 1.50 bits per heavy atom. The van der Waals surface area contributed by atoms with E-state index in [1.54, 1.807) is 0 Å². The Hall–Kier alpha value is -0.200. The molecule has 72 valence electrons. The van der Waals surface area contributed by atoms with Crippen LogP contribution in [0.5, 0.6) is 0 Å². The van der Waals surface area contributed by atoms with Gasteiger partial charge in [-0.1, -0.05) is 0 Å². The van der Waals surface area contributed by atoms with Crippen LogP contribution in [0.2, 0.25) is 0 Å². The van der Waals surface area contributed by atoms with Gasteiger partial charge in [0.2, 0.25) is 0 Å². The number of aliphatic hydroxyl groups excluding tert-OH is 5. The van der Waals surface area contributed by atoms with E-state index in [9.17, 15) is 5.11 Å². The fourth-order valence-electron chi connectivity index (χ4n) is 1.48. The molecule has 0 radical (unpaired) electrons. The molecule has 0 bridgehead atoms. The van der Waals surface area contributed by atoms with E-state index in [-0.39, 0.29) is 13.0 Å². The van der Waals surface area contributed by atoms with Gasteiger partial charge in [-0.2, -0.15) is 0 Å². The van der Waals surface area contributed by atoms with Gasteiger partial charge in [0.1, 0.15) is 12.2 Å². The van der Waals surface area contributed by atoms with Crippen LogP contribution in [0.4, 0.5) is 0 Å². The Balaban J connectivity index is 2.63. The highest BCUT2D eigenvalue weighted by molar-refractivity contribution is 4.91. The van der Waals surface area contributed by atoms with E-state index in [1.807, 2.05) is 0 Å². The van der Waals surface area contributed by atoms with Gasteiger partial charge in [-0.25, -0.2) is 0 Å². The molecule has 5 N–H and O–H groups in total. The maximum absolute atomic E-state index is 9.24. The second kappa shape index (κ2) is 3.68. The average molecular weight is 178 g/mol. The molecule has 1 aliphatic carbocycles. The quantitative estimate of drug-likeness (QED) is 0.304. The SMILES string of the molecule is OC[C@@H]1C[C@@H](O)[C@@H](O)[C@H](O)[C@H]1O. The normalized spacial score (nSPS) is 49.2. The largest absolute Gasteiger partial charge is 0.396 e. The molecular formula is C7H14O5. The molecule has 1 aliphatic rings. The molecule has 5 atom stereocenters. The van der Waals surface area contributed by atoms with Crippen molar-refractivity contribution in [1.29, 1.82) is 0 Å². The predicted molar refractivity (Wildman–Crippen MR) is 39.2 cm³/mol. The lowest BCUT2D eigenvalue weighted by Crippen LogP contribution is -2.54. The Labute approximate surface area is 69.9 Å². The van der Waals surface area contributed by atoms with Gasteiger partial charge in [-0.3, -0.25) is 0 Å². The lowest BCUT2D eigenvalue weighted by molar-refractivity contribution is -0.163. The summed E-state index contributed by atoms with van der Waals surface area (Å²) in [5, 5.41) is 45.3. The summed E-state index contributed by atoms with van der Waals surface area (Å²) in [6.07, 6.45) is -4.81. The molecule has 5 nitrogen and oxygen atoms in total. The molecule has 0 aromatic heterocycles. The highest BCUT2D eigenvalue weighted by Gasteiger charge is 2.41. The van der Waals surface area contributed by atoms with Crippen LogP contribution < -0.4 is 0 Å². The van der Waals surface area contributed by atoms with Gasteiger partial charge in [0.25, 0.3) is 0 Å².